The minimum absolute atomic E-state index is 0.0889. The standard InChI is InChI=1S/C32H38N2O3S2/c1-3-5-7-13-19-33-24-15-9-11-17-26(24)38-28(33)21-23-30(35)32(37,31(23)36)22-29-34(20-14-8-6-4-2)25-16-10-12-18-27(25)39-29/h9-12,15-18,21,37H,3-8,13-14,19-20,22H2,1-2H3/p+1/b28-21-. The Morgan fingerprint density at radius 1 is 0.949 bits per heavy atom. The molecule has 1 unspecified atom stereocenters. The Morgan fingerprint density at radius 3 is 2.44 bits per heavy atom. The van der Waals surface area contributed by atoms with Crippen LogP contribution in [0.2, 0.25) is 0 Å². The molecule has 1 aromatic heterocycles. The Labute approximate surface area is 239 Å². The summed E-state index contributed by atoms with van der Waals surface area (Å²) in [6.45, 7) is 6.11. The number of nitrogens with zero attached hydrogens (tertiary/aromatic N) is 2. The highest BCUT2D eigenvalue weighted by Crippen LogP contribution is 2.48. The van der Waals surface area contributed by atoms with Gasteiger partial charge in [0, 0.05) is 23.9 Å². The van der Waals surface area contributed by atoms with E-state index in [1.54, 1.807) is 29.2 Å². The molecule has 0 radical (unpaired) electrons. The van der Waals surface area contributed by atoms with Crippen LogP contribution in [0.4, 0.5) is 5.69 Å². The fraction of sp³-hybridized carbons (Fsp3) is 0.438. The van der Waals surface area contributed by atoms with Crippen molar-refractivity contribution in [2.75, 3.05) is 11.4 Å². The molecule has 0 amide bonds. The van der Waals surface area contributed by atoms with Gasteiger partial charge in [0.15, 0.2) is 5.60 Å². The molecule has 0 saturated heterocycles. The second-order valence-electron chi connectivity index (χ2n) is 10.6. The second-order valence-corrected chi connectivity index (χ2v) is 12.7. The van der Waals surface area contributed by atoms with Gasteiger partial charge in [-0.3, -0.25) is 4.79 Å². The van der Waals surface area contributed by atoms with E-state index in [-0.39, 0.29) is 17.8 Å². The Bertz CT molecular complexity index is 1410. The Morgan fingerprint density at radius 2 is 1.67 bits per heavy atom. The molecule has 2 heterocycles. The van der Waals surface area contributed by atoms with E-state index in [1.165, 1.54) is 25.7 Å². The first-order valence-corrected chi connectivity index (χ1v) is 16.0. The lowest BCUT2D eigenvalue weighted by molar-refractivity contribution is -0.675. The maximum atomic E-state index is 13.4. The van der Waals surface area contributed by atoms with Crippen molar-refractivity contribution in [3.05, 3.63) is 76.0 Å². The van der Waals surface area contributed by atoms with Gasteiger partial charge in [-0.15, -0.1) is 0 Å². The van der Waals surface area contributed by atoms with Gasteiger partial charge in [-0.1, -0.05) is 93.3 Å². The van der Waals surface area contributed by atoms with Crippen molar-refractivity contribution in [1.29, 1.82) is 0 Å². The van der Waals surface area contributed by atoms with Gasteiger partial charge in [0.1, 0.15) is 17.0 Å². The van der Waals surface area contributed by atoms with E-state index in [4.69, 9.17) is 0 Å². The second kappa shape index (κ2) is 12.3. The van der Waals surface area contributed by atoms with E-state index in [1.807, 2.05) is 24.3 Å². The predicted octanol–water partition coefficient (Wildman–Crippen LogP) is 7.47. The van der Waals surface area contributed by atoms with Crippen LogP contribution in [-0.2, 0) is 17.8 Å². The molecule has 1 atom stereocenters. The van der Waals surface area contributed by atoms with Crippen LogP contribution in [0.1, 0.15) is 70.2 Å². The quantitative estimate of drug-likeness (QED) is 0.167. The molecular weight excluding hydrogens is 524 g/mol. The van der Waals surface area contributed by atoms with Crippen molar-refractivity contribution in [3.63, 3.8) is 0 Å². The minimum atomic E-state index is -1.87. The van der Waals surface area contributed by atoms with Crippen LogP contribution >= 0.6 is 23.1 Å². The summed E-state index contributed by atoms with van der Waals surface area (Å²) in [6.07, 6.45) is 11.0. The lowest BCUT2D eigenvalue weighted by Crippen LogP contribution is -2.54. The number of anilines is 1. The van der Waals surface area contributed by atoms with Crippen molar-refractivity contribution in [3.8, 4) is 0 Å². The number of para-hydroxylation sites is 2. The van der Waals surface area contributed by atoms with Crippen molar-refractivity contribution in [2.45, 2.75) is 88.7 Å². The lowest BCUT2D eigenvalue weighted by Gasteiger charge is -2.34. The first kappa shape index (κ1) is 27.9. The number of hydrogen-bond acceptors (Lipinski definition) is 6. The van der Waals surface area contributed by atoms with Gasteiger partial charge >= 0.3 is 0 Å². The van der Waals surface area contributed by atoms with E-state index in [0.717, 1.165) is 69.6 Å². The molecule has 3 aromatic rings. The van der Waals surface area contributed by atoms with Gasteiger partial charge in [0.25, 0.3) is 0 Å². The summed E-state index contributed by atoms with van der Waals surface area (Å²) in [7, 11) is 0. The number of hydrogen-bond donors (Lipinski definition) is 2. The monoisotopic (exact) mass is 563 g/mol. The van der Waals surface area contributed by atoms with Crippen LogP contribution in [0.3, 0.4) is 0 Å². The van der Waals surface area contributed by atoms with E-state index in [2.05, 4.69) is 47.6 Å². The number of fused-ring (bicyclic) bond motifs is 2. The lowest BCUT2D eigenvalue weighted by atomic mass is 9.75. The molecule has 0 spiro atoms. The molecule has 5 rings (SSSR count). The van der Waals surface area contributed by atoms with Crippen LogP contribution < -0.4 is 9.47 Å². The summed E-state index contributed by atoms with van der Waals surface area (Å²) >= 11 is 3.21. The van der Waals surface area contributed by atoms with Gasteiger partial charge in [-0.2, -0.15) is 4.57 Å². The van der Waals surface area contributed by atoms with Crippen molar-refractivity contribution < 1.29 is 19.6 Å². The number of ketones is 1. The number of aliphatic hydroxyl groups is 2. The average Bonchev–Trinajstić information content (AvgIpc) is 3.48. The predicted molar refractivity (Wildman–Crippen MR) is 161 cm³/mol. The number of unbranched alkanes of at least 4 members (excludes halogenated alkanes) is 6. The summed E-state index contributed by atoms with van der Waals surface area (Å²) in [5.41, 5.74) is 0.610. The van der Waals surface area contributed by atoms with E-state index < -0.39 is 11.4 Å². The van der Waals surface area contributed by atoms with E-state index in [0.29, 0.717) is 0 Å². The maximum absolute atomic E-state index is 13.4. The third-order valence-electron chi connectivity index (χ3n) is 7.73. The number of benzene rings is 2. The number of thioether (sulfide) groups is 1. The largest absolute Gasteiger partial charge is 0.508 e. The van der Waals surface area contributed by atoms with Crippen LogP contribution in [0, 0.1) is 0 Å². The minimum Gasteiger partial charge on any atom is -0.508 e. The van der Waals surface area contributed by atoms with Crippen LogP contribution in [-0.4, -0.2) is 28.1 Å². The summed E-state index contributed by atoms with van der Waals surface area (Å²) in [6, 6.07) is 16.5. The number of carbonyl (C=O) groups is 1. The number of aromatic nitrogens is 1. The highest BCUT2D eigenvalue weighted by Gasteiger charge is 2.55. The molecule has 5 nitrogen and oxygen atoms in total. The van der Waals surface area contributed by atoms with Gasteiger partial charge < -0.3 is 15.1 Å². The molecule has 2 aliphatic rings. The molecule has 1 aliphatic carbocycles. The molecule has 0 saturated carbocycles. The molecule has 2 N–H and O–H groups in total. The van der Waals surface area contributed by atoms with Crippen molar-refractivity contribution in [2.24, 2.45) is 0 Å². The fourth-order valence-corrected chi connectivity index (χ4v) is 7.88. The molecule has 0 fully saturated rings. The van der Waals surface area contributed by atoms with Gasteiger partial charge in [0.05, 0.1) is 22.7 Å². The highest BCUT2D eigenvalue weighted by molar-refractivity contribution is 8.03. The zero-order chi connectivity index (χ0) is 27.4. The Balaban J connectivity index is 1.40. The van der Waals surface area contributed by atoms with E-state index in [9.17, 15) is 15.0 Å². The first-order chi connectivity index (χ1) is 19.0. The number of aliphatic hydroxyl groups excluding tert-OH is 1. The third kappa shape index (κ3) is 5.54. The number of Topliss-reactive ketones (excluding diaryl/α,β-unsaturated/α-hetero) is 1. The number of thiazole rings is 1. The smallest absolute Gasteiger partial charge is 0.242 e. The topological polar surface area (TPSA) is 64.7 Å². The summed E-state index contributed by atoms with van der Waals surface area (Å²) < 4.78 is 3.36. The highest BCUT2D eigenvalue weighted by atomic mass is 32.2. The molecule has 7 heteroatoms. The third-order valence-corrected chi connectivity index (χ3v) is 10.0. The fourth-order valence-electron chi connectivity index (χ4n) is 5.48. The summed E-state index contributed by atoms with van der Waals surface area (Å²) in [5.74, 6) is -0.609. The SMILES string of the molecule is CCCCCCN1/C(=C/C2=C(O)C(O)(Cc3sc4ccccc4[n+]3CCCCCC)C2=O)Sc2ccccc21. The van der Waals surface area contributed by atoms with Gasteiger partial charge in [-0.25, -0.2) is 0 Å². The number of aryl methyl sites for hydroxylation is 1. The van der Waals surface area contributed by atoms with Gasteiger partial charge in [-0.05, 0) is 37.1 Å². The average molecular weight is 564 g/mol. The van der Waals surface area contributed by atoms with Crippen LogP contribution in [0.15, 0.2) is 75.9 Å². The Hall–Kier alpha value is -2.61. The molecular formula is C32H39N2O3S2+. The Kier molecular flexibility index (Phi) is 8.79. The van der Waals surface area contributed by atoms with Crippen molar-refractivity contribution in [1.82, 2.24) is 0 Å². The van der Waals surface area contributed by atoms with Crippen LogP contribution in [0.5, 0.6) is 0 Å². The molecule has 0 bridgehead atoms. The van der Waals surface area contributed by atoms with Gasteiger partial charge in [0.2, 0.25) is 16.3 Å². The molecule has 2 aromatic carbocycles. The van der Waals surface area contributed by atoms with E-state index >= 15 is 0 Å². The zero-order valence-electron chi connectivity index (χ0n) is 23.0. The molecule has 206 valence electrons. The molecule has 39 heavy (non-hydrogen) atoms. The normalized spacial score (nSPS) is 19.8. The maximum Gasteiger partial charge on any atom is 0.242 e. The number of carbonyl (C=O) groups excluding carboxylic acids is 1. The summed E-state index contributed by atoms with van der Waals surface area (Å²) in [4.78, 5) is 16.8. The molecule has 1 aliphatic heterocycles. The summed E-state index contributed by atoms with van der Waals surface area (Å²) in [5, 5.41) is 24.4. The number of allylic oxidation sites excluding steroid dienone is 1. The van der Waals surface area contributed by atoms with Crippen LogP contribution in [0.25, 0.3) is 10.2 Å². The zero-order valence-corrected chi connectivity index (χ0v) is 24.6. The number of rotatable bonds is 13. The van der Waals surface area contributed by atoms with Crippen molar-refractivity contribution >= 4 is 44.8 Å². The first-order valence-electron chi connectivity index (χ1n) is 14.3.